The lowest BCUT2D eigenvalue weighted by Gasteiger charge is -2.29. The number of anilines is 3. The summed E-state index contributed by atoms with van der Waals surface area (Å²) in [5.74, 6) is 1.41. The number of amides is 2. The van der Waals surface area contributed by atoms with Crippen molar-refractivity contribution in [2.45, 2.75) is 18.9 Å². The van der Waals surface area contributed by atoms with E-state index in [1.54, 1.807) is 13.2 Å². The van der Waals surface area contributed by atoms with E-state index < -0.39 is 0 Å². The van der Waals surface area contributed by atoms with Gasteiger partial charge in [-0.15, -0.1) is 0 Å². The van der Waals surface area contributed by atoms with Crippen LogP contribution in [-0.4, -0.2) is 63.5 Å². The maximum atomic E-state index is 12.7. The lowest BCUT2D eigenvalue weighted by molar-refractivity contribution is 0.218. The van der Waals surface area contributed by atoms with Crippen LogP contribution in [0.15, 0.2) is 18.5 Å². The molecule has 160 valence electrons. The van der Waals surface area contributed by atoms with E-state index >= 15 is 0 Å². The first kappa shape index (κ1) is 19.6. The summed E-state index contributed by atoms with van der Waals surface area (Å²) in [4.78, 5) is 28.5. The molecule has 1 saturated carbocycles. The van der Waals surface area contributed by atoms with Gasteiger partial charge in [0.25, 0.3) is 0 Å². The van der Waals surface area contributed by atoms with Gasteiger partial charge in [-0.05, 0) is 30.7 Å². The fourth-order valence-corrected chi connectivity index (χ4v) is 5.50. The number of hydrogen-bond acceptors (Lipinski definition) is 8. The zero-order chi connectivity index (χ0) is 21.5. The van der Waals surface area contributed by atoms with E-state index in [-0.39, 0.29) is 6.03 Å². The first-order valence-corrected chi connectivity index (χ1v) is 11.0. The van der Waals surface area contributed by atoms with E-state index in [0.717, 1.165) is 42.7 Å². The lowest BCUT2D eigenvalue weighted by Crippen LogP contribution is -2.36. The van der Waals surface area contributed by atoms with E-state index in [1.165, 1.54) is 11.5 Å². The van der Waals surface area contributed by atoms with Crippen molar-refractivity contribution in [3.05, 3.63) is 24.0 Å². The smallest absolute Gasteiger partial charge is 0.323 e. The van der Waals surface area contributed by atoms with Gasteiger partial charge in [0, 0.05) is 62.5 Å². The Kier molecular flexibility index (Phi) is 4.86. The maximum absolute atomic E-state index is 12.7. The minimum absolute atomic E-state index is 0.118. The summed E-state index contributed by atoms with van der Waals surface area (Å²) in [5, 5.41) is 16.8. The Morgan fingerprint density at radius 3 is 2.84 bits per heavy atom. The Hall–Kier alpha value is -3.39. The van der Waals surface area contributed by atoms with Crippen molar-refractivity contribution in [3.63, 3.8) is 0 Å². The number of urea groups is 1. The molecule has 0 spiro atoms. The molecule has 1 aliphatic heterocycles. The van der Waals surface area contributed by atoms with E-state index in [2.05, 4.69) is 48.0 Å². The molecule has 11 heteroatoms. The number of carbonyl (C=O) groups excluding carboxylic acids is 1. The largest absolute Gasteiger partial charge is 0.370 e. The first-order chi connectivity index (χ1) is 15.1. The van der Waals surface area contributed by atoms with Crippen LogP contribution in [0.2, 0.25) is 0 Å². The second-order valence-electron chi connectivity index (χ2n) is 8.14. The SMILES string of the molecule is CNc1nsc(NC(=O)N2C[C@H]3C[C@@H](N(C)c4c(C#N)cnc5[nH]ccc45)C[C@H]3C2)n1. The average molecular weight is 438 g/mol. The van der Waals surface area contributed by atoms with Gasteiger partial charge >= 0.3 is 6.03 Å². The first-order valence-electron chi connectivity index (χ1n) is 10.2. The number of aromatic amines is 1. The number of nitrogens with zero attached hydrogens (tertiary/aromatic N) is 6. The number of fused-ring (bicyclic) bond motifs is 2. The van der Waals surface area contributed by atoms with Gasteiger partial charge < -0.3 is 20.1 Å². The highest BCUT2D eigenvalue weighted by Crippen LogP contribution is 2.42. The van der Waals surface area contributed by atoms with Crippen LogP contribution in [0.25, 0.3) is 11.0 Å². The van der Waals surface area contributed by atoms with Gasteiger partial charge in [-0.2, -0.15) is 14.6 Å². The third-order valence-corrected chi connectivity index (χ3v) is 7.09. The van der Waals surface area contributed by atoms with Gasteiger partial charge in [-0.1, -0.05) is 0 Å². The Labute approximate surface area is 183 Å². The van der Waals surface area contributed by atoms with Gasteiger partial charge in [0.2, 0.25) is 11.1 Å². The number of aromatic nitrogens is 4. The summed E-state index contributed by atoms with van der Waals surface area (Å²) in [5.41, 5.74) is 2.32. The fourth-order valence-electron chi connectivity index (χ4n) is 4.93. The van der Waals surface area contributed by atoms with Gasteiger partial charge in [-0.25, -0.2) is 9.78 Å². The van der Waals surface area contributed by atoms with Gasteiger partial charge in [0.1, 0.15) is 11.7 Å². The summed E-state index contributed by atoms with van der Waals surface area (Å²) in [7, 11) is 3.81. The zero-order valence-electron chi connectivity index (χ0n) is 17.3. The van der Waals surface area contributed by atoms with Crippen molar-refractivity contribution in [2.75, 3.05) is 42.7 Å². The molecular formula is C20H23N9OS. The van der Waals surface area contributed by atoms with E-state index in [0.29, 0.717) is 34.5 Å². The number of likely N-dealkylation sites (tertiary alicyclic amines) is 1. The van der Waals surface area contributed by atoms with Crippen LogP contribution in [0.4, 0.5) is 21.6 Å². The number of rotatable bonds is 4. The molecule has 31 heavy (non-hydrogen) atoms. The van der Waals surface area contributed by atoms with Gasteiger partial charge in [-0.3, -0.25) is 5.32 Å². The average Bonchev–Trinajstić information content (AvgIpc) is 3.54. The van der Waals surface area contributed by atoms with Gasteiger partial charge in [0.05, 0.1) is 11.3 Å². The van der Waals surface area contributed by atoms with Crippen LogP contribution in [0.5, 0.6) is 0 Å². The topological polar surface area (TPSA) is 126 Å². The normalized spacial score (nSPS) is 22.4. The second kappa shape index (κ2) is 7.70. The van der Waals surface area contributed by atoms with Crippen molar-refractivity contribution < 1.29 is 4.79 Å². The molecule has 0 bridgehead atoms. The number of nitriles is 1. The van der Waals surface area contributed by atoms with E-state index in [4.69, 9.17) is 0 Å². The molecule has 0 radical (unpaired) electrons. The van der Waals surface area contributed by atoms with E-state index in [1.807, 2.05) is 17.2 Å². The third kappa shape index (κ3) is 3.42. The predicted octanol–water partition coefficient (Wildman–Crippen LogP) is 2.71. The number of pyridine rings is 1. The van der Waals surface area contributed by atoms with Crippen LogP contribution < -0.4 is 15.5 Å². The number of nitrogens with one attached hydrogen (secondary N) is 3. The molecule has 2 fully saturated rings. The highest BCUT2D eigenvalue weighted by atomic mass is 32.1. The number of carbonyl (C=O) groups is 1. The maximum Gasteiger partial charge on any atom is 0.323 e. The van der Waals surface area contributed by atoms with Crippen LogP contribution >= 0.6 is 11.5 Å². The van der Waals surface area contributed by atoms with Crippen molar-refractivity contribution in [1.29, 1.82) is 5.26 Å². The summed E-state index contributed by atoms with van der Waals surface area (Å²) in [6, 6.07) is 4.48. The quantitative estimate of drug-likeness (QED) is 0.573. The molecule has 0 aromatic carbocycles. The van der Waals surface area contributed by atoms with Crippen molar-refractivity contribution in [1.82, 2.24) is 24.2 Å². The highest BCUT2D eigenvalue weighted by molar-refractivity contribution is 7.10. The Morgan fingerprint density at radius 2 is 2.16 bits per heavy atom. The zero-order valence-corrected chi connectivity index (χ0v) is 18.1. The molecule has 1 aliphatic carbocycles. The molecule has 5 rings (SSSR count). The molecule has 1 saturated heterocycles. The predicted molar refractivity (Wildman–Crippen MR) is 119 cm³/mol. The van der Waals surface area contributed by atoms with Crippen molar-refractivity contribution in [2.24, 2.45) is 11.8 Å². The molecule has 4 heterocycles. The molecule has 3 aromatic heterocycles. The van der Waals surface area contributed by atoms with Crippen molar-refractivity contribution in [3.8, 4) is 6.07 Å². The lowest BCUT2D eigenvalue weighted by atomic mass is 10.0. The minimum atomic E-state index is -0.118. The molecule has 3 N–H and O–H groups in total. The van der Waals surface area contributed by atoms with Crippen LogP contribution in [0.3, 0.4) is 0 Å². The molecule has 2 aliphatic rings. The minimum Gasteiger partial charge on any atom is -0.370 e. The summed E-state index contributed by atoms with van der Waals surface area (Å²) in [6.45, 7) is 1.47. The van der Waals surface area contributed by atoms with E-state index in [9.17, 15) is 10.1 Å². The van der Waals surface area contributed by atoms with Crippen LogP contribution in [0.1, 0.15) is 18.4 Å². The van der Waals surface area contributed by atoms with Crippen LogP contribution in [-0.2, 0) is 0 Å². The Morgan fingerprint density at radius 1 is 1.39 bits per heavy atom. The molecule has 3 atom stereocenters. The molecule has 2 amide bonds. The highest BCUT2D eigenvalue weighted by Gasteiger charge is 2.44. The van der Waals surface area contributed by atoms with Gasteiger partial charge in [0.15, 0.2) is 0 Å². The Bertz CT molecular complexity index is 1150. The summed E-state index contributed by atoms with van der Waals surface area (Å²) in [6.07, 6.45) is 5.48. The monoisotopic (exact) mass is 437 g/mol. The molecule has 10 nitrogen and oxygen atoms in total. The standard InChI is InChI=1S/C20H23N9OS/c1-22-18-25-19(31-27-18)26-20(30)29-9-11-5-14(6-12(11)10-29)28(2)16-13(7-21)8-24-17-15(16)3-4-23-17/h3-4,8,11-12,14H,5-6,9-10H2,1-2H3,(H,23,24)(H2,22,25,26,27,30)/t11-,12+,14-. The molecule has 0 unspecified atom stereocenters. The van der Waals surface area contributed by atoms with Crippen LogP contribution in [0, 0.1) is 23.2 Å². The molecule has 3 aromatic rings. The Balaban J connectivity index is 1.26. The second-order valence-corrected chi connectivity index (χ2v) is 8.89. The third-order valence-electron chi connectivity index (χ3n) is 6.46. The summed E-state index contributed by atoms with van der Waals surface area (Å²) < 4.78 is 4.11. The van der Waals surface area contributed by atoms with Crippen molar-refractivity contribution >= 4 is 45.4 Å². The molecular weight excluding hydrogens is 414 g/mol. The number of H-pyrrole nitrogens is 1. The fraction of sp³-hybridized carbons (Fsp3) is 0.450. The number of hydrogen-bond donors (Lipinski definition) is 3. The summed E-state index contributed by atoms with van der Waals surface area (Å²) >= 11 is 1.17.